The Kier molecular flexibility index (Phi) is 7.05. The normalized spacial score (nSPS) is 16.0. The molecule has 0 rings (SSSR count). The minimum atomic E-state index is -2.45. The van der Waals surface area contributed by atoms with Crippen molar-refractivity contribution in [2.45, 2.75) is 50.7 Å². The molecule has 0 saturated carbocycles. The van der Waals surface area contributed by atoms with Crippen LogP contribution in [0.4, 0.5) is 4.79 Å². The van der Waals surface area contributed by atoms with Crippen molar-refractivity contribution < 1.29 is 19.0 Å². The summed E-state index contributed by atoms with van der Waals surface area (Å²) < 4.78 is 16.2. The second-order valence-electron chi connectivity index (χ2n) is 4.75. The number of ether oxygens (including phenoxy) is 1. The largest absolute Gasteiger partial charge is 0.530 e. The Morgan fingerprint density at radius 2 is 2.06 bits per heavy atom. The van der Waals surface area contributed by atoms with E-state index in [1.807, 2.05) is 13.2 Å². The van der Waals surface area contributed by atoms with Crippen LogP contribution in [0.25, 0.3) is 0 Å². The molecule has 1 amide bonds. The van der Waals surface area contributed by atoms with Crippen molar-refractivity contribution in [2.75, 3.05) is 6.26 Å². The molecule has 7 heteroatoms. The number of nitrogens with one attached hydrogen (secondary N) is 1. The van der Waals surface area contributed by atoms with Crippen molar-refractivity contribution in [1.29, 1.82) is 0 Å². The number of rotatable bonds is 5. The van der Waals surface area contributed by atoms with E-state index >= 15 is 0 Å². The number of amides is 1. The molecule has 17 heavy (non-hydrogen) atoms. The van der Waals surface area contributed by atoms with Gasteiger partial charge in [0.2, 0.25) is 0 Å². The smallest absolute Gasteiger partial charge is 0.444 e. The van der Waals surface area contributed by atoms with Gasteiger partial charge in [-0.05, 0) is 31.6 Å². The van der Waals surface area contributed by atoms with Gasteiger partial charge in [-0.2, -0.15) is 16.7 Å². The summed E-state index contributed by atoms with van der Waals surface area (Å²) in [5.74, 6) is -0.762. The molecule has 0 aliphatic rings. The zero-order valence-corrected chi connectivity index (χ0v) is 12.6. The molecule has 0 aliphatic heterocycles. The second-order valence-corrected chi connectivity index (χ2v) is 7.25. The van der Waals surface area contributed by atoms with Gasteiger partial charge in [0.15, 0.2) is 0 Å². The molecule has 3 unspecified atom stereocenters. The lowest BCUT2D eigenvalue weighted by molar-refractivity contribution is 0.0517. The number of alkyl carbamates (subject to hydrolysis) is 1. The summed E-state index contributed by atoms with van der Waals surface area (Å²) in [7, 11) is -2.45. The monoisotopic (exact) mass is 282 g/mol. The van der Waals surface area contributed by atoms with Crippen LogP contribution in [0.5, 0.6) is 0 Å². The standard InChI is InChI=1S/C10H20NO4PS/c1-7(17-5)6-8(16(13)14)11-9(12)15-10(2,3)4/h7-8H,6H2,1-5H3,(H-,11,12,13,14)/p+1. The van der Waals surface area contributed by atoms with Crippen LogP contribution in [-0.2, 0) is 9.30 Å². The molecule has 0 spiro atoms. The minimum Gasteiger partial charge on any atom is -0.444 e. The van der Waals surface area contributed by atoms with Gasteiger partial charge in [0.25, 0.3) is 5.78 Å². The summed E-state index contributed by atoms with van der Waals surface area (Å²) >= 11 is 1.58. The van der Waals surface area contributed by atoms with E-state index in [4.69, 9.17) is 9.63 Å². The van der Waals surface area contributed by atoms with E-state index in [1.54, 1.807) is 32.5 Å². The van der Waals surface area contributed by atoms with Crippen LogP contribution in [0.3, 0.4) is 0 Å². The van der Waals surface area contributed by atoms with Gasteiger partial charge in [-0.1, -0.05) is 6.92 Å². The molecule has 0 aromatic heterocycles. The Morgan fingerprint density at radius 1 is 1.53 bits per heavy atom. The van der Waals surface area contributed by atoms with E-state index in [0.29, 0.717) is 6.42 Å². The van der Waals surface area contributed by atoms with Crippen LogP contribution in [0, 0.1) is 0 Å². The minimum absolute atomic E-state index is 0.195. The van der Waals surface area contributed by atoms with E-state index in [9.17, 15) is 9.36 Å². The maximum absolute atomic E-state index is 11.5. The Bertz CT molecular complexity index is 280. The van der Waals surface area contributed by atoms with Crippen LogP contribution in [-0.4, -0.2) is 33.9 Å². The molecule has 5 nitrogen and oxygen atoms in total. The highest BCUT2D eigenvalue weighted by molar-refractivity contribution is 7.99. The zero-order chi connectivity index (χ0) is 13.6. The van der Waals surface area contributed by atoms with Crippen molar-refractivity contribution in [1.82, 2.24) is 5.32 Å². The summed E-state index contributed by atoms with van der Waals surface area (Å²) in [6, 6.07) is 0. The van der Waals surface area contributed by atoms with E-state index in [0.717, 1.165) is 0 Å². The van der Waals surface area contributed by atoms with Crippen molar-refractivity contribution in [2.24, 2.45) is 0 Å². The molecule has 0 aromatic rings. The lowest BCUT2D eigenvalue weighted by atomic mass is 10.2. The third-order valence-electron chi connectivity index (χ3n) is 1.91. The highest BCUT2D eigenvalue weighted by Gasteiger charge is 2.33. The number of hydrogen-bond donors (Lipinski definition) is 2. The molecule has 0 bridgehead atoms. The highest BCUT2D eigenvalue weighted by Crippen LogP contribution is 2.27. The van der Waals surface area contributed by atoms with Gasteiger partial charge >= 0.3 is 14.1 Å². The van der Waals surface area contributed by atoms with E-state index < -0.39 is 25.5 Å². The van der Waals surface area contributed by atoms with Gasteiger partial charge < -0.3 is 4.74 Å². The first kappa shape index (κ1) is 16.7. The molecule has 0 radical (unpaired) electrons. The van der Waals surface area contributed by atoms with Crippen LogP contribution < -0.4 is 5.32 Å². The quantitative estimate of drug-likeness (QED) is 0.758. The van der Waals surface area contributed by atoms with Crippen LogP contribution in [0.2, 0.25) is 0 Å². The molecule has 0 aromatic carbocycles. The van der Waals surface area contributed by atoms with Gasteiger partial charge in [0, 0.05) is 11.7 Å². The first-order valence-corrected chi connectivity index (χ1v) is 7.90. The van der Waals surface area contributed by atoms with Crippen LogP contribution in [0.15, 0.2) is 0 Å². The molecule has 3 atom stereocenters. The maximum Gasteiger partial charge on any atom is 0.530 e. The number of carbonyl (C=O) groups is 1. The summed E-state index contributed by atoms with van der Waals surface area (Å²) in [4.78, 5) is 20.6. The summed E-state index contributed by atoms with van der Waals surface area (Å²) in [5.41, 5.74) is -0.610. The Hall–Kier alpha value is -0.320. The van der Waals surface area contributed by atoms with E-state index in [-0.39, 0.29) is 5.25 Å². The fourth-order valence-electron chi connectivity index (χ4n) is 1.06. The molecular formula is C10H21NO4PS+. The van der Waals surface area contributed by atoms with Gasteiger partial charge in [-0.25, -0.2) is 4.79 Å². The van der Waals surface area contributed by atoms with Gasteiger partial charge in [0.1, 0.15) is 5.60 Å². The summed E-state index contributed by atoms with van der Waals surface area (Å²) in [5, 5.41) is 2.63. The Morgan fingerprint density at radius 3 is 2.41 bits per heavy atom. The third-order valence-corrected chi connectivity index (χ3v) is 3.78. The predicted octanol–water partition coefficient (Wildman–Crippen LogP) is 2.71. The number of carbonyl (C=O) groups excluding carboxylic acids is 1. The Labute approximate surface area is 108 Å². The fraction of sp³-hybridized carbons (Fsp3) is 0.900. The van der Waals surface area contributed by atoms with Crippen molar-refractivity contribution in [3.05, 3.63) is 0 Å². The number of hydrogen-bond acceptors (Lipinski definition) is 4. The summed E-state index contributed by atoms with van der Waals surface area (Å²) in [6.45, 7) is 7.16. The fourth-order valence-corrected chi connectivity index (χ4v) is 2.30. The van der Waals surface area contributed by atoms with E-state index in [1.165, 1.54) is 0 Å². The van der Waals surface area contributed by atoms with Crippen LogP contribution >= 0.6 is 19.8 Å². The average Bonchev–Trinajstić information content (AvgIpc) is 2.13. The van der Waals surface area contributed by atoms with Crippen LogP contribution in [0.1, 0.15) is 34.1 Å². The molecule has 100 valence electrons. The average molecular weight is 282 g/mol. The highest BCUT2D eigenvalue weighted by atomic mass is 32.2. The molecule has 2 N–H and O–H groups in total. The molecule has 0 saturated heterocycles. The molecule has 0 aliphatic carbocycles. The van der Waals surface area contributed by atoms with Gasteiger partial charge in [-0.3, -0.25) is 5.32 Å². The molecule has 0 heterocycles. The Balaban J connectivity index is 4.35. The van der Waals surface area contributed by atoms with Crippen molar-refractivity contribution in [3.8, 4) is 0 Å². The topological polar surface area (TPSA) is 75.6 Å². The molecular weight excluding hydrogens is 261 g/mol. The lowest BCUT2D eigenvalue weighted by Gasteiger charge is -2.20. The maximum atomic E-state index is 11.5. The SMILES string of the molecule is CSC(C)CC(NC(=O)OC(C)(C)C)[P+](=O)O. The van der Waals surface area contributed by atoms with Gasteiger partial charge in [0.05, 0.1) is 0 Å². The third kappa shape index (κ3) is 8.41. The predicted molar refractivity (Wildman–Crippen MR) is 70.6 cm³/mol. The van der Waals surface area contributed by atoms with E-state index in [2.05, 4.69) is 5.32 Å². The van der Waals surface area contributed by atoms with Crippen molar-refractivity contribution in [3.63, 3.8) is 0 Å². The number of thioether (sulfide) groups is 1. The lowest BCUT2D eigenvalue weighted by Crippen LogP contribution is -2.38. The first-order chi connectivity index (χ1) is 7.65. The van der Waals surface area contributed by atoms with Gasteiger partial charge in [-0.15, -0.1) is 0 Å². The molecule has 0 fully saturated rings. The zero-order valence-electron chi connectivity index (χ0n) is 10.9. The summed E-state index contributed by atoms with van der Waals surface area (Å²) in [6.07, 6.45) is 1.69. The van der Waals surface area contributed by atoms with Crippen molar-refractivity contribution >= 4 is 25.9 Å². The second kappa shape index (κ2) is 7.19. The first-order valence-electron chi connectivity index (χ1n) is 5.33.